The third-order valence-corrected chi connectivity index (χ3v) is 8.29. The molecule has 0 bridgehead atoms. The second-order valence-corrected chi connectivity index (χ2v) is 11.1. The Hall–Kier alpha value is -4.15. The van der Waals surface area contributed by atoms with E-state index in [2.05, 4.69) is 27.3 Å². The van der Waals surface area contributed by atoms with Gasteiger partial charge in [-0.25, -0.2) is 18.7 Å². The number of amides is 1. The summed E-state index contributed by atoms with van der Waals surface area (Å²) in [6, 6.07) is 16.6. The van der Waals surface area contributed by atoms with E-state index in [1.54, 1.807) is 0 Å². The highest BCUT2D eigenvalue weighted by molar-refractivity contribution is 5.77. The van der Waals surface area contributed by atoms with Crippen molar-refractivity contribution >= 4 is 16.9 Å². The molecule has 2 fully saturated rings. The Morgan fingerprint density at radius 1 is 1.02 bits per heavy atom. The summed E-state index contributed by atoms with van der Waals surface area (Å²) in [7, 11) is 0. The number of fused-ring (bicyclic) bond motifs is 1. The van der Waals surface area contributed by atoms with Crippen molar-refractivity contribution in [2.24, 2.45) is 0 Å². The summed E-state index contributed by atoms with van der Waals surface area (Å²) in [6.45, 7) is 5.42. The van der Waals surface area contributed by atoms with Gasteiger partial charge in [-0.15, -0.1) is 0 Å². The van der Waals surface area contributed by atoms with Gasteiger partial charge < -0.3 is 10.1 Å². The topological polar surface area (TPSA) is 98.5 Å². The number of rotatable bonds is 6. The Balaban J connectivity index is 1.43. The first kappa shape index (κ1) is 28.0. The molecule has 1 amide bonds. The fourth-order valence-electron chi connectivity index (χ4n) is 6.26. The zero-order valence-electron chi connectivity index (χ0n) is 23.6. The van der Waals surface area contributed by atoms with Crippen molar-refractivity contribution in [1.29, 1.82) is 0 Å². The van der Waals surface area contributed by atoms with Gasteiger partial charge in [-0.3, -0.25) is 19.1 Å². The zero-order chi connectivity index (χ0) is 29.2. The molecule has 10 heteroatoms. The molecule has 42 heavy (non-hydrogen) atoms. The first-order chi connectivity index (χ1) is 20.4. The molecule has 9 nitrogen and oxygen atoms in total. The van der Waals surface area contributed by atoms with E-state index in [0.29, 0.717) is 44.6 Å². The summed E-state index contributed by atoms with van der Waals surface area (Å²) in [5.41, 5.74) is 2.74. The Bertz CT molecular complexity index is 1740. The molecule has 1 N–H and O–H groups in total. The van der Waals surface area contributed by atoms with Crippen molar-refractivity contribution in [2.45, 2.75) is 51.2 Å². The van der Waals surface area contributed by atoms with Gasteiger partial charge in [-0.05, 0) is 60.6 Å². The third-order valence-electron chi connectivity index (χ3n) is 8.29. The molecule has 218 valence electrons. The van der Waals surface area contributed by atoms with Gasteiger partial charge in [-0.1, -0.05) is 36.4 Å². The van der Waals surface area contributed by atoms with E-state index in [9.17, 15) is 18.8 Å². The van der Waals surface area contributed by atoms with E-state index in [1.165, 1.54) is 16.1 Å². The van der Waals surface area contributed by atoms with E-state index in [0.717, 1.165) is 48.6 Å². The highest BCUT2D eigenvalue weighted by atomic mass is 19.1. The number of morpholine rings is 1. The van der Waals surface area contributed by atoms with Crippen molar-refractivity contribution in [3.05, 3.63) is 93.0 Å². The third kappa shape index (κ3) is 5.64. The highest BCUT2D eigenvalue weighted by Crippen LogP contribution is 2.29. The molecule has 2 aromatic carbocycles. The van der Waals surface area contributed by atoms with Crippen LogP contribution < -0.4 is 16.6 Å². The van der Waals surface area contributed by atoms with Gasteiger partial charge in [0.2, 0.25) is 5.91 Å². The average molecular weight is 572 g/mol. The lowest BCUT2D eigenvalue weighted by molar-refractivity contribution is -0.119. The fourth-order valence-corrected chi connectivity index (χ4v) is 6.26. The SMILES string of the molecule is CC(=O)N[C@H]1CC[C@@H](n2c(=O)c3cc(F)cnc3n(-c3cccc(-c4ccccc4CN4CCOCC4)c3)c2=O)CC1. The molecule has 1 saturated heterocycles. The number of halogens is 1. The smallest absolute Gasteiger partial charge is 0.337 e. The number of nitrogens with one attached hydrogen (secondary N) is 1. The number of nitrogens with zero attached hydrogens (tertiary/aromatic N) is 4. The predicted octanol–water partition coefficient (Wildman–Crippen LogP) is 3.81. The molecule has 1 saturated carbocycles. The standard InChI is InChI=1S/C32H34FN5O4/c1-21(39)35-25-9-11-26(12-10-25)38-31(40)29-18-24(33)19-34-30(29)37(32(38)41)27-7-4-6-22(17-27)28-8-3-2-5-23(28)20-36-13-15-42-16-14-36/h2-8,17-19,25-26H,9-16,20H2,1H3,(H,35,39)/t25-,26+. The Kier molecular flexibility index (Phi) is 7.99. The maximum atomic E-state index is 14.4. The van der Waals surface area contributed by atoms with Crippen LogP contribution in [0, 0.1) is 5.82 Å². The fraction of sp³-hybridized carbons (Fsp3) is 0.375. The van der Waals surface area contributed by atoms with Crippen molar-refractivity contribution in [2.75, 3.05) is 26.3 Å². The molecule has 1 aliphatic heterocycles. The van der Waals surface area contributed by atoms with Gasteiger partial charge in [-0.2, -0.15) is 0 Å². The van der Waals surface area contributed by atoms with Crippen molar-refractivity contribution in [1.82, 2.24) is 24.3 Å². The van der Waals surface area contributed by atoms with Crippen LogP contribution in [0.1, 0.15) is 44.2 Å². The monoisotopic (exact) mass is 571 g/mol. The largest absolute Gasteiger partial charge is 0.379 e. The van der Waals surface area contributed by atoms with Gasteiger partial charge in [0, 0.05) is 38.6 Å². The van der Waals surface area contributed by atoms with Crippen molar-refractivity contribution in [3.63, 3.8) is 0 Å². The van der Waals surface area contributed by atoms with Crippen LogP contribution in [0.4, 0.5) is 4.39 Å². The summed E-state index contributed by atoms with van der Waals surface area (Å²) in [4.78, 5) is 45.9. The van der Waals surface area contributed by atoms with Crippen LogP contribution in [-0.2, 0) is 16.1 Å². The first-order valence-corrected chi connectivity index (χ1v) is 14.5. The van der Waals surface area contributed by atoms with Crippen LogP contribution in [0.25, 0.3) is 27.8 Å². The van der Waals surface area contributed by atoms with Gasteiger partial charge >= 0.3 is 5.69 Å². The van der Waals surface area contributed by atoms with Gasteiger partial charge in [0.25, 0.3) is 5.56 Å². The van der Waals surface area contributed by atoms with Crippen LogP contribution in [0.5, 0.6) is 0 Å². The van der Waals surface area contributed by atoms with E-state index in [1.807, 2.05) is 36.4 Å². The minimum absolute atomic E-state index is 0.00505. The molecule has 4 aromatic rings. The number of benzene rings is 2. The summed E-state index contributed by atoms with van der Waals surface area (Å²) >= 11 is 0. The second kappa shape index (κ2) is 12.0. The van der Waals surface area contributed by atoms with Crippen LogP contribution >= 0.6 is 0 Å². The highest BCUT2D eigenvalue weighted by Gasteiger charge is 2.27. The molecule has 6 rings (SSSR count). The molecule has 3 heterocycles. The van der Waals surface area contributed by atoms with Crippen molar-refractivity contribution in [3.8, 4) is 16.8 Å². The molecule has 1 aliphatic carbocycles. The molecule has 0 atom stereocenters. The molecule has 0 radical (unpaired) electrons. The number of hydrogen-bond acceptors (Lipinski definition) is 6. The summed E-state index contributed by atoms with van der Waals surface area (Å²) in [6.07, 6.45) is 3.41. The molecule has 2 aliphatic rings. The number of carbonyl (C=O) groups is 1. The maximum absolute atomic E-state index is 14.4. The van der Waals surface area contributed by atoms with Gasteiger partial charge in [0.05, 0.1) is 30.5 Å². The van der Waals surface area contributed by atoms with Gasteiger partial charge in [0.1, 0.15) is 5.82 Å². The van der Waals surface area contributed by atoms with Crippen LogP contribution in [-0.4, -0.2) is 57.3 Å². The minimum Gasteiger partial charge on any atom is -0.379 e. The van der Waals surface area contributed by atoms with E-state index >= 15 is 0 Å². The number of aromatic nitrogens is 3. The number of ether oxygens (including phenoxy) is 1. The Labute approximate surface area is 242 Å². The molecular formula is C32H34FN5O4. The number of hydrogen-bond donors (Lipinski definition) is 1. The Morgan fingerprint density at radius 3 is 2.55 bits per heavy atom. The normalized spacial score (nSPS) is 19.6. The first-order valence-electron chi connectivity index (χ1n) is 14.5. The lowest BCUT2D eigenvalue weighted by Gasteiger charge is -2.30. The van der Waals surface area contributed by atoms with Crippen LogP contribution in [0.2, 0.25) is 0 Å². The lowest BCUT2D eigenvalue weighted by atomic mass is 9.91. The quantitative estimate of drug-likeness (QED) is 0.378. The lowest BCUT2D eigenvalue weighted by Crippen LogP contribution is -2.45. The van der Waals surface area contributed by atoms with E-state index in [4.69, 9.17) is 4.74 Å². The number of carbonyl (C=O) groups excluding carboxylic acids is 1. The second-order valence-electron chi connectivity index (χ2n) is 11.1. The zero-order valence-corrected chi connectivity index (χ0v) is 23.6. The molecular weight excluding hydrogens is 537 g/mol. The van der Waals surface area contributed by atoms with Gasteiger partial charge in [0.15, 0.2) is 5.65 Å². The van der Waals surface area contributed by atoms with E-state index in [-0.39, 0.29) is 29.0 Å². The molecule has 0 unspecified atom stereocenters. The van der Waals surface area contributed by atoms with E-state index < -0.39 is 17.1 Å². The van der Waals surface area contributed by atoms with Crippen LogP contribution in [0.15, 0.2) is 70.4 Å². The average Bonchev–Trinajstić information content (AvgIpc) is 2.99. The summed E-state index contributed by atoms with van der Waals surface area (Å²) < 4.78 is 22.6. The minimum atomic E-state index is -0.642. The maximum Gasteiger partial charge on any atom is 0.337 e. The summed E-state index contributed by atoms with van der Waals surface area (Å²) in [5.74, 6) is -0.742. The predicted molar refractivity (Wildman–Crippen MR) is 158 cm³/mol. The molecule has 2 aromatic heterocycles. The summed E-state index contributed by atoms with van der Waals surface area (Å²) in [5, 5.41) is 2.98. The Morgan fingerprint density at radius 2 is 1.79 bits per heavy atom. The van der Waals surface area contributed by atoms with Crippen molar-refractivity contribution < 1.29 is 13.9 Å². The van der Waals surface area contributed by atoms with Crippen LogP contribution in [0.3, 0.4) is 0 Å². The molecule has 0 spiro atoms. The number of pyridine rings is 1.